The van der Waals surface area contributed by atoms with Gasteiger partial charge in [0, 0.05) is 10.6 Å². The fourth-order valence-electron chi connectivity index (χ4n) is 1.73. The molecule has 5 heteroatoms. The van der Waals surface area contributed by atoms with E-state index in [1.807, 2.05) is 31.2 Å². The van der Waals surface area contributed by atoms with Gasteiger partial charge in [0.15, 0.2) is 0 Å². The molecule has 2 rings (SSSR count). The minimum absolute atomic E-state index is 0.423. The van der Waals surface area contributed by atoms with Gasteiger partial charge in [-0.05, 0) is 40.5 Å². The quantitative estimate of drug-likeness (QED) is 0.487. The van der Waals surface area contributed by atoms with Crippen LogP contribution >= 0.6 is 27.5 Å². The van der Waals surface area contributed by atoms with Gasteiger partial charge in [0.25, 0.3) is 0 Å². The minimum atomic E-state index is 0.423. The number of rotatable bonds is 4. The molecule has 0 spiro atoms. The largest absolute Gasteiger partial charge is 0.487 e. The van der Waals surface area contributed by atoms with Gasteiger partial charge in [-0.3, -0.25) is 0 Å². The van der Waals surface area contributed by atoms with E-state index in [1.54, 1.807) is 12.1 Å². The highest BCUT2D eigenvalue weighted by atomic mass is 79.9. The molecule has 0 fully saturated rings. The maximum Gasteiger partial charge on any atom is 0.142 e. The number of oxime groups is 1. The average molecular weight is 355 g/mol. The van der Waals surface area contributed by atoms with Crippen molar-refractivity contribution >= 4 is 33.7 Å². The van der Waals surface area contributed by atoms with E-state index >= 15 is 0 Å². The first-order chi connectivity index (χ1) is 9.60. The van der Waals surface area contributed by atoms with Crippen molar-refractivity contribution < 1.29 is 9.94 Å². The number of ether oxygens (including phenoxy) is 1. The fraction of sp³-hybridized carbons (Fsp3) is 0.133. The van der Waals surface area contributed by atoms with E-state index in [0.29, 0.717) is 27.4 Å². The molecule has 0 aromatic heterocycles. The van der Waals surface area contributed by atoms with Crippen LogP contribution in [0.25, 0.3) is 0 Å². The molecule has 1 N–H and O–H groups in total. The summed E-state index contributed by atoms with van der Waals surface area (Å²) in [6, 6.07) is 11.5. The van der Waals surface area contributed by atoms with E-state index in [2.05, 4.69) is 21.1 Å². The Balaban J connectivity index is 2.22. The molecule has 0 saturated heterocycles. The molecule has 0 unspecified atom stereocenters. The Hall–Kier alpha value is -1.52. The summed E-state index contributed by atoms with van der Waals surface area (Å²) in [4.78, 5) is 0. The lowest BCUT2D eigenvalue weighted by atomic mass is 10.1. The summed E-state index contributed by atoms with van der Waals surface area (Å²) in [5.74, 6) is 0.591. The van der Waals surface area contributed by atoms with Crippen molar-refractivity contribution in [1.82, 2.24) is 0 Å². The molecule has 2 aromatic rings. The highest BCUT2D eigenvalue weighted by molar-refractivity contribution is 9.10. The van der Waals surface area contributed by atoms with Gasteiger partial charge in [-0.1, -0.05) is 46.6 Å². The SMILES string of the molecule is Cc1ccc(COc2c(Br)cc(Cl)cc2C=NO)cc1. The van der Waals surface area contributed by atoms with Gasteiger partial charge in [-0.15, -0.1) is 0 Å². The van der Waals surface area contributed by atoms with Gasteiger partial charge in [-0.2, -0.15) is 0 Å². The van der Waals surface area contributed by atoms with Crippen LogP contribution in [0.15, 0.2) is 46.0 Å². The molecule has 0 atom stereocenters. The highest BCUT2D eigenvalue weighted by Gasteiger charge is 2.09. The van der Waals surface area contributed by atoms with Crippen molar-refractivity contribution in [3.05, 3.63) is 62.6 Å². The van der Waals surface area contributed by atoms with Crippen LogP contribution in [0.4, 0.5) is 0 Å². The lowest BCUT2D eigenvalue weighted by Crippen LogP contribution is -1.99. The summed E-state index contributed by atoms with van der Waals surface area (Å²) in [7, 11) is 0. The highest BCUT2D eigenvalue weighted by Crippen LogP contribution is 2.32. The van der Waals surface area contributed by atoms with Crippen molar-refractivity contribution in [3.8, 4) is 5.75 Å². The standard InChI is InChI=1S/C15H13BrClNO2/c1-10-2-4-11(5-3-10)9-20-15-12(8-18-19)6-13(17)7-14(15)16/h2-8,19H,9H2,1H3. The van der Waals surface area contributed by atoms with E-state index in [0.717, 1.165) is 5.56 Å². The molecule has 0 aliphatic rings. The van der Waals surface area contributed by atoms with Gasteiger partial charge in [0.1, 0.15) is 12.4 Å². The van der Waals surface area contributed by atoms with Crippen LogP contribution in [-0.2, 0) is 6.61 Å². The van der Waals surface area contributed by atoms with Crippen LogP contribution < -0.4 is 4.74 Å². The maximum atomic E-state index is 8.70. The zero-order valence-corrected chi connectivity index (χ0v) is 13.1. The second-order valence-electron chi connectivity index (χ2n) is 4.32. The fourth-order valence-corrected chi connectivity index (χ4v) is 2.68. The monoisotopic (exact) mass is 353 g/mol. The van der Waals surface area contributed by atoms with E-state index in [1.165, 1.54) is 11.8 Å². The second kappa shape index (κ2) is 6.77. The number of hydrogen-bond donors (Lipinski definition) is 1. The van der Waals surface area contributed by atoms with Gasteiger partial charge >= 0.3 is 0 Å². The first-order valence-electron chi connectivity index (χ1n) is 5.95. The molecule has 3 nitrogen and oxygen atoms in total. The Morgan fingerprint density at radius 3 is 2.65 bits per heavy atom. The van der Waals surface area contributed by atoms with Gasteiger partial charge in [0.05, 0.1) is 10.7 Å². The molecule has 0 radical (unpaired) electrons. The summed E-state index contributed by atoms with van der Waals surface area (Å²) in [6.07, 6.45) is 1.29. The molecule has 104 valence electrons. The predicted octanol–water partition coefficient (Wildman–Crippen LogP) is 4.80. The smallest absolute Gasteiger partial charge is 0.142 e. The summed E-state index contributed by atoms with van der Waals surface area (Å²) < 4.78 is 6.51. The van der Waals surface area contributed by atoms with E-state index in [9.17, 15) is 0 Å². The molecule has 2 aromatic carbocycles. The molecular weight excluding hydrogens is 342 g/mol. The molecule has 0 heterocycles. The van der Waals surface area contributed by atoms with Crippen molar-refractivity contribution in [2.45, 2.75) is 13.5 Å². The Morgan fingerprint density at radius 2 is 2.00 bits per heavy atom. The van der Waals surface area contributed by atoms with E-state index in [4.69, 9.17) is 21.5 Å². The normalized spacial score (nSPS) is 10.9. The van der Waals surface area contributed by atoms with Crippen molar-refractivity contribution in [2.24, 2.45) is 5.16 Å². The Bertz CT molecular complexity index is 627. The number of aryl methyl sites for hydroxylation is 1. The summed E-state index contributed by atoms with van der Waals surface area (Å²) >= 11 is 9.36. The second-order valence-corrected chi connectivity index (χ2v) is 5.62. The summed E-state index contributed by atoms with van der Waals surface area (Å²) in [5.41, 5.74) is 2.87. The lowest BCUT2D eigenvalue weighted by molar-refractivity contribution is 0.302. The van der Waals surface area contributed by atoms with Crippen LogP contribution in [0.3, 0.4) is 0 Å². The van der Waals surface area contributed by atoms with Gasteiger partial charge in [-0.25, -0.2) is 0 Å². The van der Waals surface area contributed by atoms with Crippen LogP contribution in [0.5, 0.6) is 5.75 Å². The zero-order valence-electron chi connectivity index (χ0n) is 10.8. The lowest BCUT2D eigenvalue weighted by Gasteiger charge is -2.12. The number of nitrogens with zero attached hydrogens (tertiary/aromatic N) is 1. The third kappa shape index (κ3) is 3.74. The Morgan fingerprint density at radius 1 is 1.30 bits per heavy atom. The van der Waals surface area contributed by atoms with Crippen LogP contribution in [0.1, 0.15) is 16.7 Å². The third-order valence-electron chi connectivity index (χ3n) is 2.74. The van der Waals surface area contributed by atoms with Gasteiger partial charge < -0.3 is 9.94 Å². The zero-order chi connectivity index (χ0) is 14.5. The number of benzene rings is 2. The van der Waals surface area contributed by atoms with Crippen molar-refractivity contribution in [1.29, 1.82) is 0 Å². The van der Waals surface area contributed by atoms with Crippen LogP contribution in [0.2, 0.25) is 5.02 Å². The Kier molecular flexibility index (Phi) is 5.04. The third-order valence-corrected chi connectivity index (χ3v) is 3.54. The molecular formula is C15H13BrClNO2. The maximum absolute atomic E-state index is 8.70. The molecule has 0 saturated carbocycles. The van der Waals surface area contributed by atoms with Crippen molar-refractivity contribution in [3.63, 3.8) is 0 Å². The summed E-state index contributed by atoms with van der Waals surface area (Å²) in [6.45, 7) is 2.46. The predicted molar refractivity (Wildman–Crippen MR) is 84.0 cm³/mol. The molecule has 0 amide bonds. The first kappa shape index (κ1) is 14.9. The van der Waals surface area contributed by atoms with E-state index < -0.39 is 0 Å². The van der Waals surface area contributed by atoms with Crippen LogP contribution in [-0.4, -0.2) is 11.4 Å². The van der Waals surface area contributed by atoms with E-state index in [-0.39, 0.29) is 0 Å². The topological polar surface area (TPSA) is 41.8 Å². The minimum Gasteiger partial charge on any atom is -0.487 e. The first-order valence-corrected chi connectivity index (χ1v) is 7.12. The molecule has 0 aliphatic carbocycles. The number of hydrogen-bond acceptors (Lipinski definition) is 3. The van der Waals surface area contributed by atoms with Crippen molar-refractivity contribution in [2.75, 3.05) is 0 Å². The van der Waals surface area contributed by atoms with Gasteiger partial charge in [0.2, 0.25) is 0 Å². The summed E-state index contributed by atoms with van der Waals surface area (Å²) in [5, 5.41) is 12.3. The molecule has 0 aliphatic heterocycles. The average Bonchev–Trinajstić information content (AvgIpc) is 2.40. The molecule has 0 bridgehead atoms. The van der Waals surface area contributed by atoms with Crippen LogP contribution in [0, 0.1) is 6.92 Å². The molecule has 20 heavy (non-hydrogen) atoms. The Labute approximate surface area is 131 Å². The number of halogens is 2.